The van der Waals surface area contributed by atoms with E-state index in [9.17, 15) is 0 Å². The second-order valence-electron chi connectivity index (χ2n) is 4.34. The average Bonchev–Trinajstić information content (AvgIpc) is 2.78. The fourth-order valence-corrected chi connectivity index (χ4v) is 3.71. The van der Waals surface area contributed by atoms with Crippen molar-refractivity contribution in [2.24, 2.45) is 0 Å². The highest BCUT2D eigenvalue weighted by atomic mass is 79.9. The fraction of sp³-hybridized carbons (Fsp3) is 0.0714. The van der Waals surface area contributed by atoms with Gasteiger partial charge in [-0.1, -0.05) is 17.7 Å². The van der Waals surface area contributed by atoms with Gasteiger partial charge in [-0.15, -0.1) is 11.3 Å². The minimum atomic E-state index is 0.541. The summed E-state index contributed by atoms with van der Waals surface area (Å²) in [5.41, 5.74) is 9.61. The smallest absolute Gasteiger partial charge is 0.124 e. The van der Waals surface area contributed by atoms with Gasteiger partial charge in [0.2, 0.25) is 0 Å². The molecule has 2 N–H and O–H groups in total. The molecule has 0 radical (unpaired) electrons. The number of aryl methyl sites for hydroxylation is 1. The lowest BCUT2D eigenvalue weighted by atomic mass is 10.2. The number of hydrogen-bond donors (Lipinski definition) is 1. The molecule has 0 aliphatic heterocycles. The van der Waals surface area contributed by atoms with Crippen molar-refractivity contribution in [2.75, 3.05) is 5.73 Å². The molecule has 19 heavy (non-hydrogen) atoms. The number of rotatable bonds is 1. The van der Waals surface area contributed by atoms with Crippen molar-refractivity contribution in [3.63, 3.8) is 0 Å². The van der Waals surface area contributed by atoms with Gasteiger partial charge in [-0.25, -0.2) is 4.98 Å². The number of aromatic nitrogens is 1. The van der Waals surface area contributed by atoms with Crippen LogP contribution >= 0.6 is 38.9 Å². The average molecular weight is 354 g/mol. The number of benzene rings is 2. The molecule has 0 unspecified atom stereocenters. The minimum Gasteiger partial charge on any atom is -0.397 e. The molecule has 3 aromatic rings. The van der Waals surface area contributed by atoms with E-state index in [4.69, 9.17) is 17.3 Å². The fourth-order valence-electron chi connectivity index (χ4n) is 1.86. The van der Waals surface area contributed by atoms with Crippen LogP contribution < -0.4 is 5.73 Å². The van der Waals surface area contributed by atoms with Crippen molar-refractivity contribution >= 4 is 54.8 Å². The lowest BCUT2D eigenvalue weighted by Crippen LogP contribution is -1.89. The van der Waals surface area contributed by atoms with Crippen LogP contribution in [-0.2, 0) is 0 Å². The van der Waals surface area contributed by atoms with E-state index in [1.165, 1.54) is 10.3 Å². The third kappa shape index (κ3) is 2.36. The third-order valence-electron chi connectivity index (χ3n) is 2.87. The maximum absolute atomic E-state index is 6.11. The van der Waals surface area contributed by atoms with Gasteiger partial charge in [0.05, 0.1) is 20.9 Å². The van der Waals surface area contributed by atoms with Crippen LogP contribution in [0.4, 0.5) is 5.69 Å². The second-order valence-corrected chi connectivity index (χ2v) is 6.64. The number of nitrogens with zero attached hydrogens (tertiary/aromatic N) is 1. The molecule has 1 aromatic heterocycles. The van der Waals surface area contributed by atoms with Crippen LogP contribution in [0, 0.1) is 6.92 Å². The summed E-state index contributed by atoms with van der Waals surface area (Å²) in [4.78, 5) is 4.63. The first-order valence-electron chi connectivity index (χ1n) is 5.66. The van der Waals surface area contributed by atoms with E-state index >= 15 is 0 Å². The van der Waals surface area contributed by atoms with E-state index in [2.05, 4.69) is 40.0 Å². The predicted octanol–water partition coefficient (Wildman–Crippen LogP) is 5.27. The van der Waals surface area contributed by atoms with E-state index in [1.54, 1.807) is 11.3 Å². The van der Waals surface area contributed by atoms with Gasteiger partial charge in [-0.2, -0.15) is 0 Å². The molecule has 5 heteroatoms. The first kappa shape index (κ1) is 12.9. The van der Waals surface area contributed by atoms with Crippen molar-refractivity contribution in [2.45, 2.75) is 6.92 Å². The molecule has 0 saturated heterocycles. The number of anilines is 1. The SMILES string of the molecule is Cc1ccc2nc(-c3cc(Cl)c(N)c(Br)c3)sc2c1. The van der Waals surface area contributed by atoms with Crippen LogP contribution in [0.1, 0.15) is 5.56 Å². The molecule has 0 fully saturated rings. The normalized spacial score (nSPS) is 11.1. The van der Waals surface area contributed by atoms with Crippen LogP contribution in [0.3, 0.4) is 0 Å². The number of thiazole rings is 1. The molecule has 3 rings (SSSR count). The summed E-state index contributed by atoms with van der Waals surface area (Å²) >= 11 is 11.2. The maximum atomic E-state index is 6.11. The summed E-state index contributed by atoms with van der Waals surface area (Å²) < 4.78 is 1.98. The highest BCUT2D eigenvalue weighted by Crippen LogP contribution is 2.37. The van der Waals surface area contributed by atoms with Gasteiger partial charge in [0.25, 0.3) is 0 Å². The Morgan fingerprint density at radius 2 is 2.05 bits per heavy atom. The number of fused-ring (bicyclic) bond motifs is 1. The molecular formula is C14H10BrClN2S. The quantitative estimate of drug-likeness (QED) is 0.605. The molecule has 2 nitrogen and oxygen atoms in total. The monoisotopic (exact) mass is 352 g/mol. The van der Waals surface area contributed by atoms with E-state index in [1.807, 2.05) is 18.2 Å². The van der Waals surface area contributed by atoms with Crippen molar-refractivity contribution in [3.8, 4) is 10.6 Å². The molecule has 2 aromatic carbocycles. The van der Waals surface area contributed by atoms with Gasteiger partial charge in [-0.05, 0) is 52.7 Å². The zero-order chi connectivity index (χ0) is 13.6. The highest BCUT2D eigenvalue weighted by molar-refractivity contribution is 9.10. The summed E-state index contributed by atoms with van der Waals surface area (Å²) in [6.45, 7) is 2.08. The van der Waals surface area contributed by atoms with Crippen molar-refractivity contribution in [1.82, 2.24) is 4.98 Å². The Morgan fingerprint density at radius 3 is 2.79 bits per heavy atom. The first-order valence-corrected chi connectivity index (χ1v) is 7.65. The van der Waals surface area contributed by atoms with Gasteiger partial charge in [0, 0.05) is 10.0 Å². The van der Waals surface area contributed by atoms with E-state index < -0.39 is 0 Å². The zero-order valence-corrected chi connectivity index (χ0v) is 13.2. The maximum Gasteiger partial charge on any atom is 0.124 e. The van der Waals surface area contributed by atoms with Crippen molar-refractivity contribution < 1.29 is 0 Å². The molecule has 0 spiro atoms. The summed E-state index contributed by atoms with van der Waals surface area (Å²) in [5, 5.41) is 1.49. The number of nitrogens with two attached hydrogens (primary N) is 1. The Kier molecular flexibility index (Phi) is 3.25. The van der Waals surface area contributed by atoms with Gasteiger partial charge >= 0.3 is 0 Å². The van der Waals surface area contributed by atoms with Crippen molar-refractivity contribution in [1.29, 1.82) is 0 Å². The molecule has 96 valence electrons. The number of hydrogen-bond acceptors (Lipinski definition) is 3. The van der Waals surface area contributed by atoms with Gasteiger partial charge in [-0.3, -0.25) is 0 Å². The Bertz CT molecular complexity index is 759. The lowest BCUT2D eigenvalue weighted by Gasteiger charge is -2.03. The topological polar surface area (TPSA) is 38.9 Å². The Hall–Kier alpha value is -1.10. The number of halogens is 2. The molecule has 0 atom stereocenters. The molecule has 0 aliphatic carbocycles. The summed E-state index contributed by atoms with van der Waals surface area (Å²) in [6, 6.07) is 10.1. The molecule has 0 aliphatic rings. The predicted molar refractivity (Wildman–Crippen MR) is 86.9 cm³/mol. The molecular weight excluding hydrogens is 344 g/mol. The van der Waals surface area contributed by atoms with Crippen molar-refractivity contribution in [3.05, 3.63) is 45.4 Å². The van der Waals surface area contributed by atoms with E-state index in [0.717, 1.165) is 20.6 Å². The summed E-state index contributed by atoms with van der Waals surface area (Å²) in [6.07, 6.45) is 0. The van der Waals surface area contributed by atoms with Gasteiger partial charge < -0.3 is 5.73 Å². The molecule has 0 bridgehead atoms. The zero-order valence-electron chi connectivity index (χ0n) is 10.1. The molecule has 1 heterocycles. The van der Waals surface area contributed by atoms with Crippen LogP contribution in [0.2, 0.25) is 5.02 Å². The molecule has 0 amide bonds. The van der Waals surface area contributed by atoms with Crippen LogP contribution in [0.25, 0.3) is 20.8 Å². The van der Waals surface area contributed by atoms with E-state index in [0.29, 0.717) is 10.7 Å². The Morgan fingerprint density at radius 1 is 1.26 bits per heavy atom. The Labute approximate surface area is 128 Å². The number of nitrogen functional groups attached to an aromatic ring is 1. The van der Waals surface area contributed by atoms with Crippen LogP contribution in [0.5, 0.6) is 0 Å². The van der Waals surface area contributed by atoms with Crippen LogP contribution in [0.15, 0.2) is 34.8 Å². The largest absolute Gasteiger partial charge is 0.397 e. The summed E-state index contributed by atoms with van der Waals surface area (Å²) in [5.74, 6) is 0. The Balaban J connectivity index is 2.19. The highest BCUT2D eigenvalue weighted by Gasteiger charge is 2.10. The minimum absolute atomic E-state index is 0.541. The molecule has 0 saturated carbocycles. The summed E-state index contributed by atoms with van der Waals surface area (Å²) in [7, 11) is 0. The standard InChI is InChI=1S/C14H10BrClN2S/c1-7-2-3-11-12(4-7)19-14(18-11)8-5-9(15)13(17)10(16)6-8/h2-6H,17H2,1H3. The first-order chi connectivity index (χ1) is 9.04. The second kappa shape index (κ2) is 4.78. The third-order valence-corrected chi connectivity index (χ3v) is 4.91. The van der Waals surface area contributed by atoms with Gasteiger partial charge in [0.1, 0.15) is 5.01 Å². The van der Waals surface area contributed by atoms with Gasteiger partial charge in [0.15, 0.2) is 0 Å². The van der Waals surface area contributed by atoms with Crippen LogP contribution in [-0.4, -0.2) is 4.98 Å². The lowest BCUT2D eigenvalue weighted by molar-refractivity contribution is 1.45. The van der Waals surface area contributed by atoms with E-state index in [-0.39, 0.29) is 0 Å².